The molecule has 1 fully saturated rings. The molecule has 0 saturated heterocycles. The Balaban J connectivity index is 2.06. The normalized spacial score (nSPS) is 16.7. The Morgan fingerprint density at radius 3 is 2.57 bits per heavy atom. The molecular weight excluding hydrogens is 292 g/mol. The predicted octanol–water partition coefficient (Wildman–Crippen LogP) is 3.71. The van der Waals surface area contributed by atoms with Gasteiger partial charge < -0.3 is 14.8 Å². The fourth-order valence-corrected chi connectivity index (χ4v) is 2.52. The Morgan fingerprint density at radius 1 is 1.30 bits per heavy atom. The first-order valence-corrected chi connectivity index (χ1v) is 8.57. The van der Waals surface area contributed by atoms with Crippen LogP contribution in [-0.2, 0) is 9.53 Å². The molecule has 2 rings (SSSR count). The number of anilines is 1. The van der Waals surface area contributed by atoms with Crippen molar-refractivity contribution in [3.05, 3.63) is 17.8 Å². The number of nitrogens with one attached hydrogen (secondary N) is 1. The van der Waals surface area contributed by atoms with Gasteiger partial charge in [0.1, 0.15) is 5.60 Å². The number of amides is 1. The van der Waals surface area contributed by atoms with Crippen LogP contribution in [0, 0.1) is 12.8 Å². The molecule has 1 N–H and O–H groups in total. The molecule has 23 heavy (non-hydrogen) atoms. The van der Waals surface area contributed by atoms with Gasteiger partial charge in [0.25, 0.3) is 5.91 Å². The smallest absolute Gasteiger partial charge is 0.256 e. The van der Waals surface area contributed by atoms with Gasteiger partial charge in [0.05, 0.1) is 18.0 Å². The van der Waals surface area contributed by atoms with Crippen LogP contribution in [0.1, 0.15) is 52.1 Å². The Labute approximate surface area is 138 Å². The number of ether oxygens (including phenoxy) is 2. The summed E-state index contributed by atoms with van der Waals surface area (Å²) in [7, 11) is 0. The minimum Gasteiger partial charge on any atom is -0.478 e. The van der Waals surface area contributed by atoms with Gasteiger partial charge in [-0.05, 0) is 51.5 Å². The molecule has 0 unspecified atom stereocenters. The van der Waals surface area contributed by atoms with Crippen LogP contribution in [0.3, 0.4) is 0 Å². The molecule has 1 aromatic heterocycles. The first-order chi connectivity index (χ1) is 11.0. The van der Waals surface area contributed by atoms with Gasteiger partial charge in [0.2, 0.25) is 5.88 Å². The second-order valence-corrected chi connectivity index (χ2v) is 6.31. The van der Waals surface area contributed by atoms with E-state index >= 15 is 0 Å². The zero-order valence-electron chi connectivity index (χ0n) is 14.6. The maximum atomic E-state index is 12.7. The fraction of sp³-hybridized carbons (Fsp3) is 0.667. The zero-order chi connectivity index (χ0) is 16.9. The molecule has 5 heteroatoms. The zero-order valence-corrected chi connectivity index (χ0v) is 14.6. The molecule has 1 aromatic rings. The van der Waals surface area contributed by atoms with E-state index in [-0.39, 0.29) is 5.91 Å². The number of hydrogen-bond acceptors (Lipinski definition) is 4. The molecule has 1 aliphatic carbocycles. The number of carbonyl (C=O) groups excluding carboxylic acids is 1. The second-order valence-electron chi connectivity index (χ2n) is 6.31. The van der Waals surface area contributed by atoms with Gasteiger partial charge in [-0.15, -0.1) is 0 Å². The summed E-state index contributed by atoms with van der Waals surface area (Å²) in [4.78, 5) is 17.1. The first kappa shape index (κ1) is 17.7. The van der Waals surface area contributed by atoms with Crippen molar-refractivity contribution in [1.29, 1.82) is 0 Å². The van der Waals surface area contributed by atoms with Gasteiger partial charge in [-0.1, -0.05) is 13.8 Å². The Kier molecular flexibility index (Phi) is 5.99. The van der Waals surface area contributed by atoms with Crippen LogP contribution in [0.25, 0.3) is 0 Å². The van der Waals surface area contributed by atoms with Crippen molar-refractivity contribution in [3.63, 3.8) is 0 Å². The Hall–Kier alpha value is -1.62. The van der Waals surface area contributed by atoms with Gasteiger partial charge >= 0.3 is 0 Å². The molecule has 0 aromatic carbocycles. The van der Waals surface area contributed by atoms with Crippen molar-refractivity contribution in [2.45, 2.75) is 59.0 Å². The van der Waals surface area contributed by atoms with Crippen LogP contribution >= 0.6 is 0 Å². The second kappa shape index (κ2) is 7.77. The lowest BCUT2D eigenvalue weighted by atomic mass is 9.98. The van der Waals surface area contributed by atoms with Crippen LogP contribution < -0.4 is 10.1 Å². The van der Waals surface area contributed by atoms with Crippen molar-refractivity contribution >= 4 is 11.6 Å². The van der Waals surface area contributed by atoms with Crippen molar-refractivity contribution in [2.75, 3.05) is 18.5 Å². The van der Waals surface area contributed by atoms with Gasteiger partial charge in [-0.2, -0.15) is 0 Å². The third-order valence-corrected chi connectivity index (χ3v) is 4.18. The number of aryl methyl sites for hydroxylation is 1. The number of carbonyl (C=O) groups is 1. The fourth-order valence-electron chi connectivity index (χ4n) is 2.52. The molecule has 0 spiro atoms. The number of aromatic nitrogens is 1. The highest BCUT2D eigenvalue weighted by Crippen LogP contribution is 2.42. The molecular formula is C18H28N2O3. The van der Waals surface area contributed by atoms with Crippen molar-refractivity contribution < 1.29 is 14.3 Å². The quantitative estimate of drug-likeness (QED) is 0.753. The number of rotatable bonds is 9. The van der Waals surface area contributed by atoms with Crippen LogP contribution in [0.2, 0.25) is 0 Å². The van der Waals surface area contributed by atoms with E-state index in [0.29, 0.717) is 30.7 Å². The van der Waals surface area contributed by atoms with Gasteiger partial charge in [-0.25, -0.2) is 4.98 Å². The number of nitrogens with zero attached hydrogens (tertiary/aromatic N) is 1. The topological polar surface area (TPSA) is 60.5 Å². The van der Waals surface area contributed by atoms with E-state index in [1.807, 2.05) is 26.8 Å². The molecule has 0 aliphatic heterocycles. The Morgan fingerprint density at radius 2 is 2.00 bits per heavy atom. The molecule has 0 bridgehead atoms. The summed E-state index contributed by atoms with van der Waals surface area (Å²) in [6.07, 6.45) is 3.94. The third kappa shape index (κ3) is 4.44. The summed E-state index contributed by atoms with van der Waals surface area (Å²) in [5.74, 6) is 0.824. The standard InChI is InChI=1S/C18H28N2O3/c1-5-11-22-16-10-9-15(13(3)19-16)20-17(21)18(4,14-7-8-14)23-12-6-2/h9-10,14H,5-8,11-12H2,1-4H3,(H,20,21)/t18-/m1/s1. The molecule has 1 atom stereocenters. The molecule has 5 nitrogen and oxygen atoms in total. The van der Waals surface area contributed by atoms with E-state index in [1.165, 1.54) is 0 Å². The van der Waals surface area contributed by atoms with Crippen molar-refractivity contribution in [1.82, 2.24) is 4.98 Å². The predicted molar refractivity (Wildman–Crippen MR) is 90.8 cm³/mol. The SMILES string of the molecule is CCCOc1ccc(NC(=O)[C@](C)(OCCC)C2CC2)c(C)n1. The third-order valence-electron chi connectivity index (χ3n) is 4.18. The van der Waals surface area contributed by atoms with Gasteiger partial charge in [-0.3, -0.25) is 4.79 Å². The summed E-state index contributed by atoms with van der Waals surface area (Å²) in [5, 5.41) is 2.98. The van der Waals surface area contributed by atoms with E-state index in [4.69, 9.17) is 9.47 Å². The van der Waals surface area contributed by atoms with Crippen molar-refractivity contribution in [3.8, 4) is 5.88 Å². The maximum absolute atomic E-state index is 12.7. The highest BCUT2D eigenvalue weighted by atomic mass is 16.5. The van der Waals surface area contributed by atoms with Crippen molar-refractivity contribution in [2.24, 2.45) is 5.92 Å². The lowest BCUT2D eigenvalue weighted by Crippen LogP contribution is -2.45. The minimum absolute atomic E-state index is 0.0828. The molecule has 128 valence electrons. The Bertz CT molecular complexity index is 543. The highest BCUT2D eigenvalue weighted by Gasteiger charge is 2.48. The molecule has 1 saturated carbocycles. The van der Waals surface area contributed by atoms with Crippen LogP contribution in [0.15, 0.2) is 12.1 Å². The van der Waals surface area contributed by atoms with Gasteiger partial charge in [0.15, 0.2) is 0 Å². The van der Waals surface area contributed by atoms with E-state index < -0.39 is 5.60 Å². The lowest BCUT2D eigenvalue weighted by molar-refractivity contribution is -0.142. The minimum atomic E-state index is -0.750. The van der Waals surface area contributed by atoms with E-state index in [0.717, 1.165) is 31.4 Å². The first-order valence-electron chi connectivity index (χ1n) is 8.57. The van der Waals surface area contributed by atoms with E-state index in [2.05, 4.69) is 17.2 Å². The number of hydrogen-bond donors (Lipinski definition) is 1. The monoisotopic (exact) mass is 320 g/mol. The number of pyridine rings is 1. The largest absolute Gasteiger partial charge is 0.478 e. The summed E-state index contributed by atoms with van der Waals surface area (Å²) < 4.78 is 11.4. The maximum Gasteiger partial charge on any atom is 0.256 e. The summed E-state index contributed by atoms with van der Waals surface area (Å²) in [6.45, 7) is 9.11. The lowest BCUT2D eigenvalue weighted by Gasteiger charge is -2.29. The average Bonchev–Trinajstić information content (AvgIpc) is 3.38. The summed E-state index contributed by atoms with van der Waals surface area (Å²) in [5.41, 5.74) is 0.714. The summed E-state index contributed by atoms with van der Waals surface area (Å²) in [6, 6.07) is 3.64. The molecule has 1 heterocycles. The molecule has 1 amide bonds. The van der Waals surface area contributed by atoms with E-state index in [9.17, 15) is 4.79 Å². The van der Waals surface area contributed by atoms with Gasteiger partial charge in [0, 0.05) is 12.7 Å². The van der Waals surface area contributed by atoms with Crippen LogP contribution in [0.4, 0.5) is 5.69 Å². The van der Waals surface area contributed by atoms with Crippen LogP contribution in [0.5, 0.6) is 5.88 Å². The molecule has 1 aliphatic rings. The average molecular weight is 320 g/mol. The molecule has 0 radical (unpaired) electrons. The highest BCUT2D eigenvalue weighted by molar-refractivity contribution is 5.98. The van der Waals surface area contributed by atoms with E-state index in [1.54, 1.807) is 6.07 Å². The van der Waals surface area contributed by atoms with Crippen LogP contribution in [-0.4, -0.2) is 29.7 Å². The summed E-state index contributed by atoms with van der Waals surface area (Å²) >= 11 is 0.